The second-order valence-electron chi connectivity index (χ2n) is 4.51. The van der Waals surface area contributed by atoms with Gasteiger partial charge in [-0.05, 0) is 0 Å². The number of unbranched alkanes of at least 4 members (excludes halogenated alkanes) is 2. The fourth-order valence-electron chi connectivity index (χ4n) is 1.93. The topological polar surface area (TPSA) is 17.1 Å². The van der Waals surface area contributed by atoms with Crippen molar-refractivity contribution >= 4 is 19.0 Å². The van der Waals surface area contributed by atoms with Crippen LogP contribution in [0.5, 0.6) is 0 Å². The third-order valence-electron chi connectivity index (χ3n) is 3.02. The van der Waals surface area contributed by atoms with Gasteiger partial charge in [-0.1, -0.05) is 0 Å². The van der Waals surface area contributed by atoms with Crippen molar-refractivity contribution in [3.05, 3.63) is 35.9 Å². The van der Waals surface area contributed by atoms with E-state index >= 15 is 0 Å². The molecule has 1 radical (unpaired) electrons. The van der Waals surface area contributed by atoms with Crippen LogP contribution in [0.3, 0.4) is 0 Å². The molecule has 0 saturated heterocycles. The number of hydrogen-bond donors (Lipinski definition) is 0. The second-order valence-corrected chi connectivity index (χ2v) is 10.1. The van der Waals surface area contributed by atoms with Gasteiger partial charge in [0, 0.05) is 0 Å². The molecule has 0 bridgehead atoms. The fraction of sp³-hybridized carbons (Fsp3) is 0.533. The Labute approximate surface area is 110 Å². The van der Waals surface area contributed by atoms with Crippen LogP contribution in [0.2, 0.25) is 10.5 Å². The van der Waals surface area contributed by atoms with Crippen LogP contribution in [0, 0.1) is 0 Å². The molecule has 1 aromatic carbocycles. The Balaban J connectivity index is 2.64. The molecular weight excluding hydrogens is 269 g/mol. The summed E-state index contributed by atoms with van der Waals surface area (Å²) in [5.74, 6) is 0. The van der Waals surface area contributed by atoms with Gasteiger partial charge >= 0.3 is 110 Å². The molecule has 0 aliphatic heterocycles. The van der Waals surface area contributed by atoms with Crippen LogP contribution in [0.15, 0.2) is 30.3 Å². The normalized spacial score (nSPS) is 10.8. The number of carbonyl (C=O) groups excluding carboxylic acids is 1. The van der Waals surface area contributed by atoms with Gasteiger partial charge in [-0.25, -0.2) is 0 Å². The zero-order valence-electron chi connectivity index (χ0n) is 11.0. The van der Waals surface area contributed by atoms with E-state index in [0.29, 0.717) is 4.62 Å². The van der Waals surface area contributed by atoms with Crippen LogP contribution in [0.1, 0.15) is 49.9 Å². The van der Waals surface area contributed by atoms with E-state index in [1.54, 1.807) is 0 Å². The summed E-state index contributed by atoms with van der Waals surface area (Å²) in [7, 11) is 0. The summed E-state index contributed by atoms with van der Waals surface area (Å²) in [6.45, 7) is 4.42. The van der Waals surface area contributed by atoms with E-state index in [9.17, 15) is 4.79 Å². The van der Waals surface area contributed by atoms with E-state index in [-0.39, 0.29) is 0 Å². The standard InChI is InChI=1S/C15H23GeO/c1-3-5-12-16(13-6-4-2)15(17)14-10-8-7-9-11-14/h7-11H,3-6,12-13H2,1-2H3. The molecule has 1 aromatic rings. The molecule has 0 aliphatic carbocycles. The molecule has 0 spiro atoms. The molecule has 1 rings (SSSR count). The third-order valence-corrected chi connectivity index (χ3v) is 8.99. The third kappa shape index (κ3) is 5.07. The molecule has 0 amide bonds. The Bertz CT molecular complexity index is 313. The molecule has 0 unspecified atom stereocenters. The zero-order chi connectivity index (χ0) is 12.5. The van der Waals surface area contributed by atoms with Crippen LogP contribution < -0.4 is 0 Å². The van der Waals surface area contributed by atoms with E-state index in [2.05, 4.69) is 13.8 Å². The van der Waals surface area contributed by atoms with Crippen LogP contribution in [-0.2, 0) is 0 Å². The zero-order valence-corrected chi connectivity index (χ0v) is 13.1. The van der Waals surface area contributed by atoms with Gasteiger partial charge in [0.05, 0.1) is 0 Å². The Morgan fingerprint density at radius 1 is 1.00 bits per heavy atom. The van der Waals surface area contributed by atoms with Gasteiger partial charge in [0.25, 0.3) is 0 Å². The Hall–Kier alpha value is -0.567. The maximum atomic E-state index is 12.4. The van der Waals surface area contributed by atoms with Crippen LogP contribution in [0.25, 0.3) is 0 Å². The molecule has 2 heteroatoms. The SMILES string of the molecule is CCC[CH2][Ge]([CH2]CCC)[C](=O)c1ccccc1. The minimum absolute atomic E-state index is 0.507. The van der Waals surface area contributed by atoms with Crippen molar-refractivity contribution < 1.29 is 4.79 Å². The molecule has 0 fully saturated rings. The van der Waals surface area contributed by atoms with Crippen molar-refractivity contribution in [2.75, 3.05) is 0 Å². The van der Waals surface area contributed by atoms with E-state index < -0.39 is 14.3 Å². The predicted molar refractivity (Wildman–Crippen MR) is 76.0 cm³/mol. The molecular formula is C15H23GeO. The van der Waals surface area contributed by atoms with Gasteiger partial charge in [-0.15, -0.1) is 0 Å². The summed E-state index contributed by atoms with van der Waals surface area (Å²) in [5.41, 5.74) is 0.953. The van der Waals surface area contributed by atoms with E-state index in [1.165, 1.54) is 36.2 Å². The van der Waals surface area contributed by atoms with Crippen LogP contribution >= 0.6 is 0 Å². The van der Waals surface area contributed by atoms with Gasteiger partial charge in [-0.2, -0.15) is 0 Å². The molecule has 0 N–H and O–H groups in total. The monoisotopic (exact) mass is 293 g/mol. The Morgan fingerprint density at radius 2 is 1.53 bits per heavy atom. The molecule has 0 saturated carbocycles. The first kappa shape index (κ1) is 14.5. The van der Waals surface area contributed by atoms with E-state index in [0.717, 1.165) is 5.56 Å². The summed E-state index contributed by atoms with van der Waals surface area (Å²) >= 11 is -1.52. The fourth-order valence-corrected chi connectivity index (χ4v) is 7.88. The van der Waals surface area contributed by atoms with Crippen molar-refractivity contribution in [2.24, 2.45) is 0 Å². The van der Waals surface area contributed by atoms with Crippen molar-refractivity contribution in [3.63, 3.8) is 0 Å². The first-order chi connectivity index (χ1) is 8.29. The van der Waals surface area contributed by atoms with Gasteiger partial charge in [0.15, 0.2) is 0 Å². The van der Waals surface area contributed by atoms with Gasteiger partial charge in [0.2, 0.25) is 0 Å². The van der Waals surface area contributed by atoms with Gasteiger partial charge in [-0.3, -0.25) is 0 Å². The molecule has 1 nitrogen and oxygen atoms in total. The number of carbonyl (C=O) groups is 1. The summed E-state index contributed by atoms with van der Waals surface area (Å²) in [4.78, 5) is 12.4. The molecule has 0 aromatic heterocycles. The quantitative estimate of drug-likeness (QED) is 0.644. The predicted octanol–water partition coefficient (Wildman–Crippen LogP) is 4.50. The summed E-state index contributed by atoms with van der Waals surface area (Å²) in [6.07, 6.45) is 4.89. The van der Waals surface area contributed by atoms with Gasteiger partial charge < -0.3 is 0 Å². The average Bonchev–Trinajstić information content (AvgIpc) is 2.39. The Morgan fingerprint density at radius 3 is 2.00 bits per heavy atom. The summed E-state index contributed by atoms with van der Waals surface area (Å²) in [6, 6.07) is 9.89. The number of hydrogen-bond acceptors (Lipinski definition) is 1. The Kier molecular flexibility index (Phi) is 7.26. The van der Waals surface area contributed by atoms with E-state index in [1.807, 2.05) is 30.3 Å². The molecule has 0 aliphatic rings. The number of benzene rings is 1. The van der Waals surface area contributed by atoms with E-state index in [4.69, 9.17) is 0 Å². The second kappa shape index (κ2) is 8.51. The van der Waals surface area contributed by atoms with Crippen molar-refractivity contribution in [1.82, 2.24) is 0 Å². The summed E-state index contributed by atoms with van der Waals surface area (Å²) in [5, 5.41) is 2.43. The summed E-state index contributed by atoms with van der Waals surface area (Å²) < 4.78 is 0.507. The van der Waals surface area contributed by atoms with Crippen molar-refractivity contribution in [3.8, 4) is 0 Å². The minimum atomic E-state index is -1.52. The van der Waals surface area contributed by atoms with Crippen molar-refractivity contribution in [1.29, 1.82) is 0 Å². The van der Waals surface area contributed by atoms with Crippen LogP contribution in [-0.4, -0.2) is 19.0 Å². The van der Waals surface area contributed by atoms with Crippen LogP contribution in [0.4, 0.5) is 0 Å². The van der Waals surface area contributed by atoms with Gasteiger partial charge in [0.1, 0.15) is 0 Å². The number of rotatable bonds is 8. The average molecular weight is 292 g/mol. The molecule has 17 heavy (non-hydrogen) atoms. The maximum absolute atomic E-state index is 12.4. The molecule has 0 heterocycles. The molecule has 0 atom stereocenters. The first-order valence-electron chi connectivity index (χ1n) is 6.74. The first-order valence-corrected chi connectivity index (χ1v) is 10.8. The molecule has 93 valence electrons. The van der Waals surface area contributed by atoms with Crippen molar-refractivity contribution in [2.45, 2.75) is 50.0 Å².